The fraction of sp³-hybridized carbons (Fsp3) is 0.875. The zero-order valence-electron chi connectivity index (χ0n) is 6.99. The molecule has 2 bridgehead atoms. The Labute approximate surface area is 71.5 Å². The number of carbonyl (C=O) groups is 1. The summed E-state index contributed by atoms with van der Waals surface area (Å²) in [7, 11) is 0. The first-order valence-corrected chi connectivity index (χ1v) is 4.51. The van der Waals surface area contributed by atoms with E-state index in [1.54, 1.807) is 4.90 Å². The number of hydrogen-bond acceptors (Lipinski definition) is 2. The maximum atomic E-state index is 10.9. The molecule has 2 fully saturated rings. The summed E-state index contributed by atoms with van der Waals surface area (Å²) < 4.78 is 0. The van der Waals surface area contributed by atoms with E-state index in [2.05, 4.69) is 5.32 Å². The second-order valence-corrected chi connectivity index (χ2v) is 3.57. The molecular formula is C8H14N2O2. The third-order valence-corrected chi connectivity index (χ3v) is 2.88. The molecule has 2 heterocycles. The number of carboxylic acid groups (broad SMARTS) is 1. The average Bonchev–Trinajstić information content (AvgIpc) is 2.24. The van der Waals surface area contributed by atoms with E-state index in [1.165, 1.54) is 0 Å². The van der Waals surface area contributed by atoms with Gasteiger partial charge in [-0.2, -0.15) is 0 Å². The van der Waals surface area contributed by atoms with Gasteiger partial charge < -0.3 is 15.3 Å². The molecule has 2 N–H and O–H groups in total. The summed E-state index contributed by atoms with van der Waals surface area (Å²) in [5, 5.41) is 12.2. The molecule has 0 radical (unpaired) electrons. The van der Waals surface area contributed by atoms with Crippen molar-refractivity contribution in [3.63, 3.8) is 0 Å². The Bertz CT molecular complexity index is 181. The average molecular weight is 170 g/mol. The normalized spacial score (nSPS) is 34.8. The highest BCUT2D eigenvalue weighted by Gasteiger charge is 2.37. The van der Waals surface area contributed by atoms with Gasteiger partial charge in [0, 0.05) is 18.6 Å². The van der Waals surface area contributed by atoms with Crippen LogP contribution in [-0.2, 0) is 0 Å². The fourth-order valence-electron chi connectivity index (χ4n) is 2.29. The largest absolute Gasteiger partial charge is 0.465 e. The molecule has 2 aliphatic heterocycles. The monoisotopic (exact) mass is 170 g/mol. The van der Waals surface area contributed by atoms with Crippen LogP contribution in [0.15, 0.2) is 0 Å². The van der Waals surface area contributed by atoms with Crippen LogP contribution in [0.2, 0.25) is 0 Å². The molecule has 4 nitrogen and oxygen atoms in total. The van der Waals surface area contributed by atoms with Gasteiger partial charge in [0.2, 0.25) is 0 Å². The molecule has 2 rings (SSSR count). The van der Waals surface area contributed by atoms with Gasteiger partial charge in [-0.15, -0.1) is 0 Å². The molecule has 68 valence electrons. The van der Waals surface area contributed by atoms with Crippen LogP contribution in [-0.4, -0.2) is 41.3 Å². The van der Waals surface area contributed by atoms with Crippen LogP contribution in [0.1, 0.15) is 19.3 Å². The van der Waals surface area contributed by atoms with E-state index in [0.29, 0.717) is 0 Å². The number of nitrogens with zero attached hydrogens (tertiary/aromatic N) is 1. The zero-order chi connectivity index (χ0) is 8.55. The highest BCUT2D eigenvalue weighted by atomic mass is 16.4. The Morgan fingerprint density at radius 2 is 2.08 bits per heavy atom. The quantitative estimate of drug-likeness (QED) is 0.556. The fourth-order valence-corrected chi connectivity index (χ4v) is 2.29. The van der Waals surface area contributed by atoms with E-state index in [4.69, 9.17) is 5.11 Å². The highest BCUT2D eigenvalue weighted by Crippen LogP contribution is 2.27. The number of hydrogen-bond donors (Lipinski definition) is 2. The molecule has 0 aromatic carbocycles. The number of nitrogens with one attached hydrogen (secondary N) is 1. The summed E-state index contributed by atoms with van der Waals surface area (Å²) >= 11 is 0. The van der Waals surface area contributed by atoms with Crippen molar-refractivity contribution in [2.45, 2.75) is 31.3 Å². The third kappa shape index (κ3) is 1.16. The van der Waals surface area contributed by atoms with E-state index < -0.39 is 6.09 Å². The highest BCUT2D eigenvalue weighted by molar-refractivity contribution is 5.66. The number of fused-ring (bicyclic) bond motifs is 2. The molecular weight excluding hydrogens is 156 g/mol. The minimum absolute atomic E-state index is 0.231. The van der Waals surface area contributed by atoms with E-state index in [9.17, 15) is 4.79 Å². The summed E-state index contributed by atoms with van der Waals surface area (Å²) in [5.74, 6) is 0. The van der Waals surface area contributed by atoms with E-state index in [0.717, 1.165) is 32.4 Å². The van der Waals surface area contributed by atoms with E-state index in [1.807, 2.05) is 0 Å². The Hall–Kier alpha value is -0.770. The molecule has 0 aliphatic carbocycles. The van der Waals surface area contributed by atoms with Gasteiger partial charge in [-0.25, -0.2) is 4.79 Å². The predicted molar refractivity (Wildman–Crippen MR) is 44.2 cm³/mol. The lowest BCUT2D eigenvalue weighted by Gasteiger charge is -2.23. The van der Waals surface area contributed by atoms with Crippen LogP contribution >= 0.6 is 0 Å². The first-order chi connectivity index (χ1) is 5.79. The Morgan fingerprint density at radius 3 is 2.83 bits per heavy atom. The minimum Gasteiger partial charge on any atom is -0.465 e. The smallest absolute Gasteiger partial charge is 0.407 e. The van der Waals surface area contributed by atoms with Gasteiger partial charge in [-0.05, 0) is 25.8 Å². The SMILES string of the molecule is O=C(O)N1C2CCNCC1CC2. The van der Waals surface area contributed by atoms with Crippen molar-refractivity contribution in [3.8, 4) is 0 Å². The van der Waals surface area contributed by atoms with Crippen LogP contribution in [0.3, 0.4) is 0 Å². The first kappa shape index (κ1) is 7.86. The lowest BCUT2D eigenvalue weighted by atomic mass is 10.1. The van der Waals surface area contributed by atoms with Crippen LogP contribution in [0.4, 0.5) is 4.79 Å². The Balaban J connectivity index is 2.14. The lowest BCUT2D eigenvalue weighted by molar-refractivity contribution is 0.125. The Kier molecular flexibility index (Phi) is 1.92. The first-order valence-electron chi connectivity index (χ1n) is 4.51. The molecule has 0 spiro atoms. The summed E-state index contributed by atoms with van der Waals surface area (Å²) in [5.41, 5.74) is 0. The van der Waals surface area contributed by atoms with Gasteiger partial charge in [0.1, 0.15) is 0 Å². The van der Waals surface area contributed by atoms with Crippen LogP contribution in [0.5, 0.6) is 0 Å². The molecule has 2 aliphatic rings. The molecule has 2 saturated heterocycles. The van der Waals surface area contributed by atoms with E-state index in [-0.39, 0.29) is 12.1 Å². The molecule has 12 heavy (non-hydrogen) atoms. The van der Waals surface area contributed by atoms with Gasteiger partial charge in [-0.1, -0.05) is 0 Å². The second kappa shape index (κ2) is 2.94. The molecule has 0 aromatic heterocycles. The van der Waals surface area contributed by atoms with Crippen molar-refractivity contribution >= 4 is 6.09 Å². The second-order valence-electron chi connectivity index (χ2n) is 3.57. The van der Waals surface area contributed by atoms with E-state index >= 15 is 0 Å². The zero-order valence-corrected chi connectivity index (χ0v) is 6.99. The maximum absolute atomic E-state index is 10.9. The standard InChI is InChI=1S/C8H14N2O2/c11-8(12)10-6-1-2-7(10)5-9-4-3-6/h6-7,9H,1-5H2,(H,11,12). The predicted octanol–water partition coefficient (Wildman–Crippen LogP) is 0.491. The van der Waals surface area contributed by atoms with Gasteiger partial charge in [0.05, 0.1) is 0 Å². The summed E-state index contributed by atoms with van der Waals surface area (Å²) in [6.45, 7) is 1.80. The van der Waals surface area contributed by atoms with Crippen LogP contribution in [0.25, 0.3) is 0 Å². The van der Waals surface area contributed by atoms with Crippen molar-refractivity contribution in [2.24, 2.45) is 0 Å². The van der Waals surface area contributed by atoms with Crippen LogP contribution in [0, 0.1) is 0 Å². The number of rotatable bonds is 0. The molecule has 1 amide bonds. The molecule has 2 atom stereocenters. The Morgan fingerprint density at radius 1 is 1.33 bits per heavy atom. The molecule has 0 aromatic rings. The van der Waals surface area contributed by atoms with Crippen molar-refractivity contribution in [1.82, 2.24) is 10.2 Å². The van der Waals surface area contributed by atoms with Gasteiger partial charge in [-0.3, -0.25) is 0 Å². The van der Waals surface area contributed by atoms with Gasteiger partial charge in [0.25, 0.3) is 0 Å². The van der Waals surface area contributed by atoms with Crippen molar-refractivity contribution in [2.75, 3.05) is 13.1 Å². The summed E-state index contributed by atoms with van der Waals surface area (Å²) in [6.07, 6.45) is 2.32. The summed E-state index contributed by atoms with van der Waals surface area (Å²) in [4.78, 5) is 12.5. The third-order valence-electron chi connectivity index (χ3n) is 2.88. The molecule has 4 heteroatoms. The van der Waals surface area contributed by atoms with Crippen molar-refractivity contribution in [1.29, 1.82) is 0 Å². The van der Waals surface area contributed by atoms with Crippen molar-refractivity contribution in [3.05, 3.63) is 0 Å². The minimum atomic E-state index is -0.744. The van der Waals surface area contributed by atoms with Crippen molar-refractivity contribution < 1.29 is 9.90 Å². The number of amides is 1. The maximum Gasteiger partial charge on any atom is 0.407 e. The van der Waals surface area contributed by atoms with Gasteiger partial charge >= 0.3 is 6.09 Å². The van der Waals surface area contributed by atoms with Crippen LogP contribution < -0.4 is 5.32 Å². The molecule has 0 saturated carbocycles. The topological polar surface area (TPSA) is 52.6 Å². The molecule has 2 unspecified atom stereocenters. The van der Waals surface area contributed by atoms with Gasteiger partial charge in [0.15, 0.2) is 0 Å². The lowest BCUT2D eigenvalue weighted by Crippen LogP contribution is -2.41. The summed E-state index contributed by atoms with van der Waals surface area (Å²) in [6, 6.07) is 0.512.